The third-order valence-electron chi connectivity index (χ3n) is 3.79. The van der Waals surface area contributed by atoms with Gasteiger partial charge in [-0.1, -0.05) is 12.1 Å². The van der Waals surface area contributed by atoms with Gasteiger partial charge in [-0.25, -0.2) is 4.39 Å². The molecular weight excluding hydrogens is 357 g/mol. The number of amides is 1. The molecule has 0 aliphatic rings. The van der Waals surface area contributed by atoms with Crippen molar-refractivity contribution in [3.63, 3.8) is 0 Å². The number of rotatable bonds is 4. The smallest absolute Gasteiger partial charge is 0.261 e. The minimum absolute atomic E-state index is 0.161. The Morgan fingerprint density at radius 3 is 2.24 bits per heavy atom. The molecule has 2 aromatic carbocycles. The molecule has 0 saturated carbocycles. The molecule has 6 heteroatoms. The molecule has 25 heavy (non-hydrogen) atoms. The fourth-order valence-electron chi connectivity index (χ4n) is 2.48. The van der Waals surface area contributed by atoms with E-state index in [2.05, 4.69) is 5.32 Å². The van der Waals surface area contributed by atoms with E-state index >= 15 is 0 Å². The molecule has 1 atom stereocenters. The molecule has 1 N–H and O–H groups in total. The molecule has 3 nitrogen and oxygen atoms in total. The summed E-state index contributed by atoms with van der Waals surface area (Å²) < 4.78 is 24.8. The van der Waals surface area contributed by atoms with Gasteiger partial charge in [-0.2, -0.15) is 0 Å². The van der Waals surface area contributed by atoms with Crippen LogP contribution in [-0.2, 0) is 11.2 Å². The molecule has 0 aliphatic carbocycles. The highest BCUT2D eigenvalue weighted by Gasteiger charge is 2.17. The predicted molar refractivity (Wildman–Crippen MR) is 101 cm³/mol. The lowest BCUT2D eigenvalue weighted by Gasteiger charge is -2.07. The summed E-state index contributed by atoms with van der Waals surface area (Å²) in [5.74, 6) is -0.464. The molecule has 1 unspecified atom stereocenters. The van der Waals surface area contributed by atoms with Crippen LogP contribution in [0.1, 0.15) is 9.67 Å². The molecule has 3 rings (SSSR count). The Balaban J connectivity index is 2.11. The summed E-state index contributed by atoms with van der Waals surface area (Å²) in [6.45, 7) is 0. The van der Waals surface area contributed by atoms with Crippen LogP contribution in [0.5, 0.6) is 0 Å². The van der Waals surface area contributed by atoms with Crippen molar-refractivity contribution in [2.24, 2.45) is 0 Å². The van der Waals surface area contributed by atoms with E-state index in [1.165, 1.54) is 23.5 Å². The third kappa shape index (κ3) is 3.76. The number of benzene rings is 2. The maximum Gasteiger partial charge on any atom is 0.261 e. The van der Waals surface area contributed by atoms with E-state index in [9.17, 15) is 13.7 Å². The van der Waals surface area contributed by atoms with Crippen LogP contribution in [0.25, 0.3) is 21.6 Å². The van der Waals surface area contributed by atoms with Gasteiger partial charge in [0.15, 0.2) is 4.90 Å². The average Bonchev–Trinajstić information content (AvgIpc) is 3.07. The summed E-state index contributed by atoms with van der Waals surface area (Å²) in [7, 11) is 1.59. The number of hydrogen-bond donors (Lipinski definition) is 1. The van der Waals surface area contributed by atoms with Crippen molar-refractivity contribution >= 4 is 28.4 Å². The molecule has 3 aromatic rings. The van der Waals surface area contributed by atoms with E-state index in [1.54, 1.807) is 25.4 Å². The third-order valence-corrected chi connectivity index (χ3v) is 5.91. The highest BCUT2D eigenvalue weighted by Crippen LogP contribution is 2.39. The predicted octanol–water partition coefficient (Wildman–Crippen LogP) is 4.32. The Kier molecular flexibility index (Phi) is 5.22. The van der Waals surface area contributed by atoms with E-state index in [-0.39, 0.29) is 11.7 Å². The van der Waals surface area contributed by atoms with Gasteiger partial charge in [0, 0.05) is 17.5 Å². The summed E-state index contributed by atoms with van der Waals surface area (Å²) >= 11 is 0.318. The van der Waals surface area contributed by atoms with Gasteiger partial charge in [-0.3, -0.25) is 4.79 Å². The first-order chi connectivity index (χ1) is 12.0. The average molecular weight is 373 g/mol. The van der Waals surface area contributed by atoms with Crippen molar-refractivity contribution in [2.75, 3.05) is 13.3 Å². The van der Waals surface area contributed by atoms with E-state index < -0.39 is 11.2 Å². The van der Waals surface area contributed by atoms with Crippen LogP contribution >= 0.6 is 11.3 Å². The van der Waals surface area contributed by atoms with E-state index in [0.717, 1.165) is 26.5 Å². The summed E-state index contributed by atoms with van der Waals surface area (Å²) in [6.07, 6.45) is 1.63. The maximum absolute atomic E-state index is 13.2. The summed E-state index contributed by atoms with van der Waals surface area (Å²) in [5, 5.41) is 2.63. The Hall–Kier alpha value is -2.15. The molecule has 128 valence electrons. The Morgan fingerprint density at radius 1 is 1.08 bits per heavy atom. The Bertz CT molecular complexity index is 887. The summed E-state index contributed by atoms with van der Waals surface area (Å²) in [4.78, 5) is 14.3. The van der Waals surface area contributed by atoms with Gasteiger partial charge < -0.3 is 9.87 Å². The van der Waals surface area contributed by atoms with E-state index in [0.29, 0.717) is 4.88 Å². The molecular formula is C19H16FNO2S2. The fourth-order valence-corrected chi connectivity index (χ4v) is 4.13. The molecule has 0 bridgehead atoms. The lowest BCUT2D eigenvalue weighted by Crippen LogP contribution is -2.16. The second kappa shape index (κ2) is 7.39. The number of carbonyl (C=O) groups excluding carboxylic acids is 1. The number of nitrogens with one attached hydrogen (secondary N) is 1. The first-order valence-corrected chi connectivity index (χ1v) is 9.93. The van der Waals surface area contributed by atoms with Crippen LogP contribution in [0.3, 0.4) is 0 Å². The standard InChI is InChI=1S/C19H16FNO2S2/c1-21-19(22)17-11-16(12-5-9-15(10-6-12)25(2)23)18(24-17)13-3-7-14(20)8-4-13/h3-11H,1-2H3,(H,21,22). The zero-order chi connectivity index (χ0) is 18.0. The quantitative estimate of drug-likeness (QED) is 0.693. The number of carbonyl (C=O) groups is 1. The second-order valence-electron chi connectivity index (χ2n) is 5.42. The Morgan fingerprint density at radius 2 is 1.68 bits per heavy atom. The van der Waals surface area contributed by atoms with Crippen molar-refractivity contribution in [1.29, 1.82) is 0 Å². The van der Waals surface area contributed by atoms with Gasteiger partial charge in [0.2, 0.25) is 0 Å². The lowest BCUT2D eigenvalue weighted by molar-refractivity contribution is 0.0967. The zero-order valence-corrected chi connectivity index (χ0v) is 15.3. The van der Waals surface area contributed by atoms with Crippen LogP contribution in [-0.4, -0.2) is 23.8 Å². The number of thiophene rings is 1. The van der Waals surface area contributed by atoms with Gasteiger partial charge in [-0.05, 0) is 64.8 Å². The molecule has 0 saturated heterocycles. The monoisotopic (exact) mass is 373 g/mol. The molecule has 0 aliphatic heterocycles. The van der Waals surface area contributed by atoms with Crippen LogP contribution in [0.15, 0.2) is 59.5 Å². The highest BCUT2D eigenvalue weighted by atomic mass is 32.2. The molecule has 0 fully saturated rings. The zero-order valence-electron chi connectivity index (χ0n) is 13.7. The minimum atomic E-state index is -1.04. The van der Waals surface area contributed by atoms with Crippen molar-refractivity contribution < 1.29 is 13.7 Å². The molecule has 0 spiro atoms. The van der Waals surface area contributed by atoms with E-state index in [1.807, 2.05) is 30.3 Å². The largest absolute Gasteiger partial charge is 0.612 e. The van der Waals surface area contributed by atoms with Crippen LogP contribution in [0, 0.1) is 5.82 Å². The van der Waals surface area contributed by atoms with Crippen LogP contribution in [0.2, 0.25) is 0 Å². The maximum atomic E-state index is 13.2. The van der Waals surface area contributed by atoms with Crippen molar-refractivity contribution in [3.05, 3.63) is 65.3 Å². The van der Waals surface area contributed by atoms with Crippen molar-refractivity contribution in [3.8, 4) is 21.6 Å². The lowest BCUT2D eigenvalue weighted by atomic mass is 10.0. The van der Waals surface area contributed by atoms with Gasteiger partial charge in [0.25, 0.3) is 5.91 Å². The molecule has 1 aromatic heterocycles. The fraction of sp³-hybridized carbons (Fsp3) is 0.105. The Labute approximate surface area is 152 Å². The van der Waals surface area contributed by atoms with Gasteiger partial charge >= 0.3 is 0 Å². The first-order valence-electron chi connectivity index (χ1n) is 7.55. The van der Waals surface area contributed by atoms with Crippen molar-refractivity contribution in [1.82, 2.24) is 5.32 Å². The topological polar surface area (TPSA) is 52.2 Å². The first kappa shape index (κ1) is 17.7. The SMILES string of the molecule is CNC(=O)c1cc(-c2ccc([S+](C)[O-])cc2)c(-c2ccc(F)cc2)s1. The highest BCUT2D eigenvalue weighted by molar-refractivity contribution is 7.90. The molecule has 1 heterocycles. The van der Waals surface area contributed by atoms with Crippen molar-refractivity contribution in [2.45, 2.75) is 4.90 Å². The van der Waals surface area contributed by atoms with Gasteiger partial charge in [0.05, 0.1) is 4.88 Å². The molecule has 0 radical (unpaired) electrons. The van der Waals surface area contributed by atoms with Gasteiger partial charge in [0.1, 0.15) is 12.1 Å². The normalized spacial score (nSPS) is 12.0. The number of halogens is 1. The summed E-state index contributed by atoms with van der Waals surface area (Å²) in [5.41, 5.74) is 2.66. The van der Waals surface area contributed by atoms with Crippen LogP contribution in [0.4, 0.5) is 4.39 Å². The minimum Gasteiger partial charge on any atom is -0.612 e. The van der Waals surface area contributed by atoms with Gasteiger partial charge in [-0.15, -0.1) is 11.3 Å². The van der Waals surface area contributed by atoms with Crippen LogP contribution < -0.4 is 5.32 Å². The number of hydrogen-bond acceptors (Lipinski definition) is 3. The second-order valence-corrected chi connectivity index (χ2v) is 7.85. The van der Waals surface area contributed by atoms with E-state index in [4.69, 9.17) is 0 Å². The molecule has 1 amide bonds. The summed E-state index contributed by atoms with van der Waals surface area (Å²) in [6, 6.07) is 15.5.